The molecule has 0 spiro atoms. The number of fused-ring (bicyclic) bond motifs is 1. The number of carbonyl (C=O) groups is 1. The van der Waals surface area contributed by atoms with E-state index in [2.05, 4.69) is 5.32 Å². The summed E-state index contributed by atoms with van der Waals surface area (Å²) in [5.41, 5.74) is 1.45. The third-order valence-electron chi connectivity index (χ3n) is 4.41. The SMILES string of the molecule is COCC(C)NC(=O)CSc1nc2sc(C)c(C)c2c(=O)n1-c1ccc(Cl)cc1. The van der Waals surface area contributed by atoms with Crippen LogP contribution in [0.2, 0.25) is 5.02 Å². The molecule has 0 bridgehead atoms. The van der Waals surface area contributed by atoms with Gasteiger partial charge in [0.1, 0.15) is 4.83 Å². The van der Waals surface area contributed by atoms with Crippen molar-refractivity contribution in [2.24, 2.45) is 0 Å². The van der Waals surface area contributed by atoms with E-state index in [9.17, 15) is 9.59 Å². The average Bonchev–Trinajstić information content (AvgIpc) is 2.95. The summed E-state index contributed by atoms with van der Waals surface area (Å²) >= 11 is 8.73. The lowest BCUT2D eigenvalue weighted by atomic mass is 10.2. The fourth-order valence-corrected chi connectivity index (χ4v) is 4.95. The van der Waals surface area contributed by atoms with Crippen LogP contribution in [0.25, 0.3) is 15.9 Å². The molecule has 0 radical (unpaired) electrons. The van der Waals surface area contributed by atoms with Crippen LogP contribution < -0.4 is 10.9 Å². The zero-order valence-corrected chi connectivity index (χ0v) is 19.0. The first kappa shape index (κ1) is 21.8. The highest BCUT2D eigenvalue weighted by Gasteiger charge is 2.19. The third-order valence-corrected chi connectivity index (χ3v) is 6.71. The number of hydrogen-bond donors (Lipinski definition) is 1. The van der Waals surface area contributed by atoms with Gasteiger partial charge in [-0.3, -0.25) is 14.2 Å². The summed E-state index contributed by atoms with van der Waals surface area (Å²) in [5.74, 6) is -0.00164. The number of hydrogen-bond acceptors (Lipinski definition) is 6. The largest absolute Gasteiger partial charge is 0.383 e. The Kier molecular flexibility index (Phi) is 7.00. The highest BCUT2D eigenvalue weighted by Crippen LogP contribution is 2.29. The number of nitrogens with one attached hydrogen (secondary N) is 1. The summed E-state index contributed by atoms with van der Waals surface area (Å²) in [6.45, 7) is 6.22. The van der Waals surface area contributed by atoms with Gasteiger partial charge in [0.2, 0.25) is 5.91 Å². The van der Waals surface area contributed by atoms with Gasteiger partial charge in [-0.1, -0.05) is 23.4 Å². The Balaban J connectivity index is 2.01. The van der Waals surface area contributed by atoms with Crippen molar-refractivity contribution in [2.75, 3.05) is 19.5 Å². The first-order valence-corrected chi connectivity index (χ1v) is 11.2. The van der Waals surface area contributed by atoms with E-state index in [-0.39, 0.29) is 23.3 Å². The minimum atomic E-state index is -0.144. The standard InChI is InChI=1S/C20H22ClN3O3S2/c1-11(9-27-4)22-16(25)10-28-20-23-18-17(12(2)13(3)29-18)19(26)24(20)15-7-5-14(21)6-8-15/h5-8,11H,9-10H2,1-4H3,(H,22,25). The molecule has 1 aromatic carbocycles. The molecule has 9 heteroatoms. The van der Waals surface area contributed by atoms with Crippen LogP contribution in [0.5, 0.6) is 0 Å². The molecule has 1 N–H and O–H groups in total. The molecule has 154 valence electrons. The molecule has 1 amide bonds. The lowest BCUT2D eigenvalue weighted by Crippen LogP contribution is -2.36. The molecule has 0 fully saturated rings. The molecular weight excluding hydrogens is 430 g/mol. The van der Waals surface area contributed by atoms with Crippen LogP contribution in [0, 0.1) is 13.8 Å². The quantitative estimate of drug-likeness (QED) is 0.434. The minimum absolute atomic E-state index is 0.0930. The molecule has 3 aromatic rings. The molecule has 29 heavy (non-hydrogen) atoms. The number of ether oxygens (including phenoxy) is 1. The zero-order chi connectivity index (χ0) is 21.1. The Labute approximate surface area is 182 Å². The number of aryl methyl sites for hydroxylation is 2. The smallest absolute Gasteiger partial charge is 0.267 e. The van der Waals surface area contributed by atoms with Gasteiger partial charge in [0.25, 0.3) is 5.56 Å². The summed E-state index contributed by atoms with van der Waals surface area (Å²) < 4.78 is 6.59. The van der Waals surface area contributed by atoms with Crippen LogP contribution in [0.3, 0.4) is 0 Å². The lowest BCUT2D eigenvalue weighted by molar-refractivity contribution is -0.119. The molecule has 2 heterocycles. The van der Waals surface area contributed by atoms with Crippen LogP contribution in [0.15, 0.2) is 34.2 Å². The second-order valence-corrected chi connectivity index (χ2v) is 9.27. The van der Waals surface area contributed by atoms with Crippen LogP contribution in [-0.2, 0) is 9.53 Å². The molecule has 3 rings (SSSR count). The number of thiophene rings is 1. The monoisotopic (exact) mass is 451 g/mol. The predicted octanol–water partition coefficient (Wildman–Crippen LogP) is 3.96. The van der Waals surface area contributed by atoms with Gasteiger partial charge >= 0.3 is 0 Å². The molecule has 1 unspecified atom stereocenters. The number of thioether (sulfide) groups is 1. The Morgan fingerprint density at radius 2 is 2.03 bits per heavy atom. The average molecular weight is 452 g/mol. The van der Waals surface area contributed by atoms with Crippen molar-refractivity contribution in [1.82, 2.24) is 14.9 Å². The van der Waals surface area contributed by atoms with Gasteiger partial charge in [0.15, 0.2) is 5.16 Å². The maximum absolute atomic E-state index is 13.3. The molecule has 6 nitrogen and oxygen atoms in total. The van der Waals surface area contributed by atoms with Gasteiger partial charge in [0, 0.05) is 23.1 Å². The second-order valence-electron chi connectivity index (χ2n) is 6.69. The number of carbonyl (C=O) groups excluding carboxylic acids is 1. The molecule has 0 saturated heterocycles. The van der Waals surface area contributed by atoms with E-state index in [4.69, 9.17) is 21.3 Å². The number of aromatic nitrogens is 2. The first-order valence-electron chi connectivity index (χ1n) is 9.01. The van der Waals surface area contributed by atoms with Gasteiger partial charge in [-0.25, -0.2) is 4.98 Å². The van der Waals surface area contributed by atoms with E-state index >= 15 is 0 Å². The van der Waals surface area contributed by atoms with E-state index in [1.165, 1.54) is 23.1 Å². The number of methoxy groups -OCH3 is 1. The highest BCUT2D eigenvalue weighted by molar-refractivity contribution is 7.99. The maximum Gasteiger partial charge on any atom is 0.267 e. The van der Waals surface area contributed by atoms with Crippen molar-refractivity contribution in [3.05, 3.63) is 50.1 Å². The normalized spacial score (nSPS) is 12.3. The Hall–Kier alpha value is -1.87. The van der Waals surface area contributed by atoms with Crippen LogP contribution in [0.4, 0.5) is 0 Å². The molecular formula is C20H22ClN3O3S2. The maximum atomic E-state index is 13.3. The second kappa shape index (κ2) is 9.30. The van der Waals surface area contributed by atoms with Gasteiger partial charge < -0.3 is 10.1 Å². The molecule has 0 aliphatic heterocycles. The predicted molar refractivity (Wildman–Crippen MR) is 120 cm³/mol. The van der Waals surface area contributed by atoms with E-state index < -0.39 is 0 Å². The van der Waals surface area contributed by atoms with Gasteiger partial charge in [0.05, 0.1) is 23.4 Å². The fraction of sp³-hybridized carbons (Fsp3) is 0.350. The topological polar surface area (TPSA) is 73.2 Å². The molecule has 0 aliphatic carbocycles. The number of nitrogens with zero attached hydrogens (tertiary/aromatic N) is 2. The van der Waals surface area contributed by atoms with Crippen LogP contribution in [-0.4, -0.2) is 41.0 Å². The minimum Gasteiger partial charge on any atom is -0.383 e. The van der Waals surface area contributed by atoms with E-state index in [0.29, 0.717) is 32.7 Å². The fourth-order valence-electron chi connectivity index (χ4n) is 2.93. The Morgan fingerprint density at radius 1 is 1.34 bits per heavy atom. The molecule has 0 saturated carbocycles. The van der Waals surface area contributed by atoms with Crippen LogP contribution in [0.1, 0.15) is 17.4 Å². The number of amides is 1. The van der Waals surface area contributed by atoms with Crippen molar-refractivity contribution in [3.63, 3.8) is 0 Å². The summed E-state index contributed by atoms with van der Waals surface area (Å²) in [7, 11) is 1.59. The molecule has 1 atom stereocenters. The molecule has 0 aliphatic rings. The zero-order valence-electron chi connectivity index (χ0n) is 16.6. The summed E-state index contributed by atoms with van der Waals surface area (Å²) in [5, 5.41) is 4.54. The Bertz CT molecular complexity index is 1090. The van der Waals surface area contributed by atoms with Gasteiger partial charge in [-0.15, -0.1) is 11.3 Å². The van der Waals surface area contributed by atoms with E-state index in [0.717, 1.165) is 10.4 Å². The van der Waals surface area contributed by atoms with Gasteiger partial charge in [-0.2, -0.15) is 0 Å². The van der Waals surface area contributed by atoms with Crippen molar-refractivity contribution in [2.45, 2.75) is 32.0 Å². The third kappa shape index (κ3) is 4.83. The van der Waals surface area contributed by atoms with Crippen LogP contribution >= 0.6 is 34.7 Å². The van der Waals surface area contributed by atoms with Crippen molar-refractivity contribution in [1.29, 1.82) is 0 Å². The van der Waals surface area contributed by atoms with Crippen molar-refractivity contribution in [3.8, 4) is 5.69 Å². The number of benzene rings is 1. The van der Waals surface area contributed by atoms with Gasteiger partial charge in [-0.05, 0) is 50.6 Å². The van der Waals surface area contributed by atoms with E-state index in [1.807, 2.05) is 20.8 Å². The number of rotatable bonds is 7. The highest BCUT2D eigenvalue weighted by atomic mass is 35.5. The van der Waals surface area contributed by atoms with Crippen molar-refractivity contribution >= 4 is 50.8 Å². The molecule has 2 aromatic heterocycles. The van der Waals surface area contributed by atoms with E-state index in [1.54, 1.807) is 35.9 Å². The van der Waals surface area contributed by atoms with Crippen molar-refractivity contribution < 1.29 is 9.53 Å². The number of halogens is 1. The summed E-state index contributed by atoms with van der Waals surface area (Å²) in [6, 6.07) is 6.91. The Morgan fingerprint density at radius 3 is 2.69 bits per heavy atom. The lowest BCUT2D eigenvalue weighted by Gasteiger charge is -2.14. The summed E-state index contributed by atoms with van der Waals surface area (Å²) in [4.78, 5) is 32.1. The first-order chi connectivity index (χ1) is 13.8. The summed E-state index contributed by atoms with van der Waals surface area (Å²) in [6.07, 6.45) is 0.